The SMILES string of the molecule is C=NC(=NC(=NCc1ccccc1)C1=CC=C(n2c3c4ccccc4ccc3c3c4ccccc4c4ccccc4c32)CC1)c1ccc2c(c1)C(C)(C)c1ccccc1-2. The molecule has 8 aromatic carbocycles. The fraction of sp³-hybridized carbons (Fsp3) is 0.109. The summed E-state index contributed by atoms with van der Waals surface area (Å²) in [7, 11) is 0. The lowest BCUT2D eigenvalue weighted by atomic mass is 9.82. The van der Waals surface area contributed by atoms with E-state index >= 15 is 0 Å². The van der Waals surface area contributed by atoms with Crippen molar-refractivity contribution in [3.05, 3.63) is 198 Å². The third kappa shape index (κ3) is 5.55. The highest BCUT2D eigenvalue weighted by Crippen LogP contribution is 2.49. The molecule has 2 aliphatic rings. The van der Waals surface area contributed by atoms with Crippen molar-refractivity contribution in [2.24, 2.45) is 15.0 Å². The molecule has 282 valence electrons. The van der Waals surface area contributed by atoms with E-state index < -0.39 is 0 Å². The van der Waals surface area contributed by atoms with E-state index in [1.165, 1.54) is 82.1 Å². The molecule has 4 heteroatoms. The predicted molar refractivity (Wildman–Crippen MR) is 251 cm³/mol. The Morgan fingerprint density at radius 1 is 0.576 bits per heavy atom. The minimum atomic E-state index is -0.138. The van der Waals surface area contributed by atoms with Crippen LogP contribution in [0.2, 0.25) is 0 Å². The Morgan fingerprint density at radius 2 is 1.25 bits per heavy atom. The molecular weight excluding hydrogens is 717 g/mol. The average Bonchev–Trinajstić information content (AvgIpc) is 3.76. The summed E-state index contributed by atoms with van der Waals surface area (Å²) in [5.41, 5.74) is 12.0. The Balaban J connectivity index is 1.09. The van der Waals surface area contributed by atoms with Gasteiger partial charge in [0.2, 0.25) is 0 Å². The molecule has 0 spiro atoms. The molecule has 0 bridgehead atoms. The number of rotatable bonds is 5. The van der Waals surface area contributed by atoms with Gasteiger partial charge in [-0.1, -0.05) is 172 Å². The predicted octanol–water partition coefficient (Wildman–Crippen LogP) is 13.9. The molecule has 0 saturated heterocycles. The molecule has 1 heterocycles. The summed E-state index contributed by atoms with van der Waals surface area (Å²) in [6, 6.07) is 56.9. The van der Waals surface area contributed by atoms with Crippen molar-refractivity contribution in [1.82, 2.24) is 4.57 Å². The zero-order valence-corrected chi connectivity index (χ0v) is 33.3. The first-order valence-electron chi connectivity index (χ1n) is 20.5. The highest BCUT2D eigenvalue weighted by molar-refractivity contribution is 6.34. The number of hydrogen-bond donors (Lipinski definition) is 0. The maximum absolute atomic E-state index is 5.26. The summed E-state index contributed by atoms with van der Waals surface area (Å²) in [5, 5.41) is 10.1. The Morgan fingerprint density at radius 3 is 2.03 bits per heavy atom. The van der Waals surface area contributed by atoms with Gasteiger partial charge in [0.25, 0.3) is 0 Å². The topological polar surface area (TPSA) is 42.0 Å². The first-order chi connectivity index (χ1) is 29.0. The van der Waals surface area contributed by atoms with E-state index in [0.29, 0.717) is 18.2 Å². The zero-order valence-electron chi connectivity index (χ0n) is 33.3. The van der Waals surface area contributed by atoms with E-state index in [1.807, 2.05) is 6.07 Å². The minimum absolute atomic E-state index is 0.138. The van der Waals surface area contributed by atoms with E-state index in [2.05, 4.69) is 194 Å². The van der Waals surface area contributed by atoms with Crippen LogP contribution in [0.1, 0.15) is 48.9 Å². The maximum Gasteiger partial charge on any atom is 0.161 e. The standard InChI is InChI=1S/C55H42N4/c1-55(2)48-24-14-13-21-43(48)44-31-28-38(33-49(44)55)53(56-3)58-54(57-34-35-15-5-4-6-16-35)37-25-29-39(30-26-37)59-51-40-18-8-7-17-36(40)27-32-47(51)50-45-22-11-9-19-41(45)42-20-10-12-23-46(42)52(50)59/h4-25,27-29,31-33H,3,26,30,34H2,1-2H3. The summed E-state index contributed by atoms with van der Waals surface area (Å²) in [6.45, 7) is 9.14. The van der Waals surface area contributed by atoms with Crippen LogP contribution in [-0.2, 0) is 12.0 Å². The summed E-state index contributed by atoms with van der Waals surface area (Å²) < 4.78 is 2.56. The second kappa shape index (κ2) is 13.7. The molecule has 1 aromatic heterocycles. The highest BCUT2D eigenvalue weighted by Gasteiger charge is 2.35. The van der Waals surface area contributed by atoms with Crippen LogP contribution in [0, 0.1) is 0 Å². The molecule has 0 fully saturated rings. The lowest BCUT2D eigenvalue weighted by molar-refractivity contribution is 0.660. The van der Waals surface area contributed by atoms with Crippen LogP contribution in [0.5, 0.6) is 0 Å². The third-order valence-electron chi connectivity index (χ3n) is 12.7. The normalized spacial score (nSPS) is 15.2. The number of aromatic nitrogens is 1. The molecule has 2 aliphatic carbocycles. The Labute approximate surface area is 343 Å². The fourth-order valence-corrected chi connectivity index (χ4v) is 9.82. The second-order valence-electron chi connectivity index (χ2n) is 16.3. The molecule has 0 N–H and O–H groups in total. The van der Waals surface area contributed by atoms with Gasteiger partial charge in [-0.05, 0) is 86.6 Å². The van der Waals surface area contributed by atoms with E-state index in [4.69, 9.17) is 9.98 Å². The van der Waals surface area contributed by atoms with Gasteiger partial charge in [0, 0.05) is 38.2 Å². The molecule has 0 amide bonds. The van der Waals surface area contributed by atoms with Gasteiger partial charge in [-0.25, -0.2) is 9.98 Å². The Bertz CT molecular complexity index is 3340. The summed E-state index contributed by atoms with van der Waals surface area (Å²) >= 11 is 0. The third-order valence-corrected chi connectivity index (χ3v) is 12.7. The van der Waals surface area contributed by atoms with E-state index in [9.17, 15) is 0 Å². The van der Waals surface area contributed by atoms with Crippen LogP contribution in [0.25, 0.3) is 70.9 Å². The molecule has 0 atom stereocenters. The zero-order chi connectivity index (χ0) is 39.7. The van der Waals surface area contributed by atoms with E-state index in [0.717, 1.165) is 29.5 Å². The number of hydrogen-bond acceptors (Lipinski definition) is 1. The molecule has 0 unspecified atom stereocenters. The van der Waals surface area contributed by atoms with E-state index in [-0.39, 0.29) is 5.41 Å². The lowest BCUT2D eigenvalue weighted by Crippen LogP contribution is -2.16. The molecule has 4 nitrogen and oxygen atoms in total. The van der Waals surface area contributed by atoms with Gasteiger partial charge in [0.15, 0.2) is 11.7 Å². The number of allylic oxidation sites excluding steroid dienone is 3. The smallest absolute Gasteiger partial charge is 0.161 e. The first-order valence-corrected chi connectivity index (χ1v) is 20.5. The lowest BCUT2D eigenvalue weighted by Gasteiger charge is -2.22. The van der Waals surface area contributed by atoms with Crippen molar-refractivity contribution >= 4 is 78.2 Å². The van der Waals surface area contributed by atoms with Crippen LogP contribution in [0.4, 0.5) is 0 Å². The average molecular weight is 759 g/mol. The highest BCUT2D eigenvalue weighted by atomic mass is 15.0. The molecule has 11 rings (SSSR count). The van der Waals surface area contributed by atoms with Crippen molar-refractivity contribution in [3.8, 4) is 11.1 Å². The summed E-state index contributed by atoms with van der Waals surface area (Å²) in [4.78, 5) is 15.0. The summed E-state index contributed by atoms with van der Waals surface area (Å²) in [6.07, 6.45) is 6.13. The van der Waals surface area contributed by atoms with Crippen LogP contribution in [-0.4, -0.2) is 23.0 Å². The van der Waals surface area contributed by atoms with Gasteiger partial charge in [0.05, 0.1) is 17.6 Å². The summed E-state index contributed by atoms with van der Waals surface area (Å²) in [5.74, 6) is 1.27. The maximum atomic E-state index is 5.26. The first kappa shape index (κ1) is 35.0. The van der Waals surface area contributed by atoms with Crippen molar-refractivity contribution in [3.63, 3.8) is 0 Å². The number of benzene rings is 8. The number of aliphatic imine (C=N–C) groups is 3. The Hall–Kier alpha value is -7.17. The van der Waals surface area contributed by atoms with Crippen molar-refractivity contribution in [2.75, 3.05) is 0 Å². The Kier molecular flexibility index (Phi) is 8.16. The minimum Gasteiger partial charge on any atom is -0.312 e. The molecule has 0 radical (unpaired) electrons. The number of fused-ring (bicyclic) bond motifs is 13. The van der Waals surface area contributed by atoms with Crippen molar-refractivity contribution in [1.29, 1.82) is 0 Å². The van der Waals surface area contributed by atoms with Gasteiger partial charge < -0.3 is 4.57 Å². The van der Waals surface area contributed by atoms with Crippen LogP contribution in [0.15, 0.2) is 190 Å². The monoisotopic (exact) mass is 758 g/mol. The van der Waals surface area contributed by atoms with Crippen molar-refractivity contribution < 1.29 is 0 Å². The quantitative estimate of drug-likeness (QED) is 0.0953. The molecule has 9 aromatic rings. The van der Waals surface area contributed by atoms with Crippen molar-refractivity contribution in [2.45, 2.75) is 38.6 Å². The van der Waals surface area contributed by atoms with Crippen LogP contribution >= 0.6 is 0 Å². The van der Waals surface area contributed by atoms with Gasteiger partial charge in [0.1, 0.15) is 0 Å². The number of nitrogens with zero attached hydrogens (tertiary/aromatic N) is 4. The van der Waals surface area contributed by atoms with Gasteiger partial charge in [-0.3, -0.25) is 4.99 Å². The number of amidine groups is 2. The largest absolute Gasteiger partial charge is 0.312 e. The molecule has 0 saturated carbocycles. The fourth-order valence-electron chi connectivity index (χ4n) is 9.82. The van der Waals surface area contributed by atoms with Gasteiger partial charge in [-0.2, -0.15) is 0 Å². The van der Waals surface area contributed by atoms with Crippen LogP contribution in [0.3, 0.4) is 0 Å². The second-order valence-corrected chi connectivity index (χ2v) is 16.3. The molecule has 0 aliphatic heterocycles. The molecule has 59 heavy (non-hydrogen) atoms. The molecular formula is C55H42N4. The van der Waals surface area contributed by atoms with Crippen LogP contribution < -0.4 is 0 Å². The van der Waals surface area contributed by atoms with E-state index in [1.54, 1.807) is 0 Å². The van der Waals surface area contributed by atoms with Gasteiger partial charge >= 0.3 is 0 Å². The van der Waals surface area contributed by atoms with Gasteiger partial charge in [-0.15, -0.1) is 0 Å².